The van der Waals surface area contributed by atoms with Crippen molar-refractivity contribution in [2.45, 2.75) is 26.7 Å². The van der Waals surface area contributed by atoms with Crippen molar-refractivity contribution in [3.8, 4) is 0 Å². The van der Waals surface area contributed by atoms with Crippen LogP contribution in [0.1, 0.15) is 26.7 Å². The summed E-state index contributed by atoms with van der Waals surface area (Å²) >= 11 is 0. The zero-order valence-electron chi connectivity index (χ0n) is 11.3. The lowest BCUT2D eigenvalue weighted by molar-refractivity contribution is -0.117. The molecule has 0 bridgehead atoms. The third kappa shape index (κ3) is 3.02. The van der Waals surface area contributed by atoms with Gasteiger partial charge in [0.05, 0.1) is 17.8 Å². The number of fused-ring (bicyclic) bond motifs is 1. The number of para-hydroxylation sites is 2. The lowest BCUT2D eigenvalue weighted by Crippen LogP contribution is -2.30. The van der Waals surface area contributed by atoms with Crippen molar-refractivity contribution >= 4 is 23.1 Å². The summed E-state index contributed by atoms with van der Waals surface area (Å²) in [6.07, 6.45) is 2.62. The third-order valence-electron chi connectivity index (χ3n) is 2.96. The second-order valence-electron chi connectivity index (χ2n) is 4.64. The van der Waals surface area contributed by atoms with Crippen LogP contribution in [-0.4, -0.2) is 18.2 Å². The summed E-state index contributed by atoms with van der Waals surface area (Å²) in [4.78, 5) is 25.3. The Bertz CT molecular complexity index is 535. The molecule has 1 aromatic rings. The van der Waals surface area contributed by atoms with Crippen LogP contribution in [0.4, 0.5) is 11.4 Å². The molecule has 0 unspecified atom stereocenters. The summed E-state index contributed by atoms with van der Waals surface area (Å²) in [5.41, 5.74) is 2.40. The standard InChI is InChI=1S/C15H18N2O2/c1-3-8-17-14-7-5-4-6-13(14)16-12(9-11(2)18)10-15(17)19/h4-7,9,16H,3,8,10H2,1-2H3/b12-9+. The van der Waals surface area contributed by atoms with Crippen molar-refractivity contribution in [3.05, 3.63) is 36.0 Å². The number of hydrogen-bond donors (Lipinski definition) is 1. The smallest absolute Gasteiger partial charge is 0.232 e. The minimum Gasteiger partial charge on any atom is -0.357 e. The molecule has 1 aliphatic rings. The molecule has 4 heteroatoms. The maximum absolute atomic E-state index is 12.3. The molecule has 0 saturated carbocycles. The van der Waals surface area contributed by atoms with Crippen LogP contribution in [0.3, 0.4) is 0 Å². The fraction of sp³-hybridized carbons (Fsp3) is 0.333. The van der Waals surface area contributed by atoms with Gasteiger partial charge in [0.15, 0.2) is 5.78 Å². The van der Waals surface area contributed by atoms with E-state index in [0.29, 0.717) is 12.2 Å². The highest BCUT2D eigenvalue weighted by atomic mass is 16.2. The molecule has 1 aliphatic heterocycles. The molecular weight excluding hydrogens is 240 g/mol. The van der Waals surface area contributed by atoms with Gasteiger partial charge in [-0.25, -0.2) is 0 Å². The normalized spacial score (nSPS) is 16.8. The topological polar surface area (TPSA) is 49.4 Å². The first-order chi connectivity index (χ1) is 9.11. The highest BCUT2D eigenvalue weighted by Gasteiger charge is 2.23. The van der Waals surface area contributed by atoms with Gasteiger partial charge in [0.25, 0.3) is 0 Å². The quantitative estimate of drug-likeness (QED) is 0.848. The Morgan fingerprint density at radius 3 is 2.84 bits per heavy atom. The van der Waals surface area contributed by atoms with Crippen molar-refractivity contribution in [2.75, 3.05) is 16.8 Å². The zero-order valence-corrected chi connectivity index (χ0v) is 11.3. The summed E-state index contributed by atoms with van der Waals surface area (Å²) in [6, 6.07) is 7.67. The number of amides is 1. The zero-order chi connectivity index (χ0) is 13.8. The number of anilines is 2. The molecule has 4 nitrogen and oxygen atoms in total. The van der Waals surface area contributed by atoms with Gasteiger partial charge >= 0.3 is 0 Å². The van der Waals surface area contributed by atoms with Gasteiger partial charge in [-0.05, 0) is 25.5 Å². The highest BCUT2D eigenvalue weighted by molar-refractivity contribution is 6.01. The molecule has 0 aliphatic carbocycles. The SMILES string of the molecule is CCCN1C(=O)C/C(=C\C(C)=O)Nc2ccccc21. The molecule has 1 aromatic carbocycles. The van der Waals surface area contributed by atoms with Crippen LogP contribution in [0.2, 0.25) is 0 Å². The van der Waals surface area contributed by atoms with Gasteiger partial charge in [-0.1, -0.05) is 19.1 Å². The van der Waals surface area contributed by atoms with Crippen molar-refractivity contribution in [2.24, 2.45) is 0 Å². The number of benzene rings is 1. The van der Waals surface area contributed by atoms with Crippen LogP contribution >= 0.6 is 0 Å². The first-order valence-electron chi connectivity index (χ1n) is 6.49. The third-order valence-corrected chi connectivity index (χ3v) is 2.96. The second-order valence-corrected chi connectivity index (χ2v) is 4.64. The number of rotatable bonds is 3. The average molecular weight is 258 g/mol. The van der Waals surface area contributed by atoms with Crippen LogP contribution in [0, 0.1) is 0 Å². The lowest BCUT2D eigenvalue weighted by atomic mass is 10.2. The summed E-state index contributed by atoms with van der Waals surface area (Å²) in [5, 5.41) is 3.19. The molecule has 1 heterocycles. The van der Waals surface area contributed by atoms with Gasteiger partial charge in [-0.2, -0.15) is 0 Å². The van der Waals surface area contributed by atoms with Gasteiger partial charge in [0.1, 0.15) is 0 Å². The molecule has 0 fully saturated rings. The Morgan fingerprint density at radius 1 is 1.42 bits per heavy atom. The summed E-state index contributed by atoms with van der Waals surface area (Å²) in [6.45, 7) is 4.21. The predicted molar refractivity (Wildman–Crippen MR) is 76.1 cm³/mol. The number of hydrogen-bond acceptors (Lipinski definition) is 3. The largest absolute Gasteiger partial charge is 0.357 e. The number of nitrogens with zero attached hydrogens (tertiary/aromatic N) is 1. The second kappa shape index (κ2) is 5.69. The molecule has 2 rings (SSSR count). The van der Waals surface area contributed by atoms with Gasteiger partial charge in [0, 0.05) is 18.3 Å². The van der Waals surface area contributed by atoms with E-state index >= 15 is 0 Å². The lowest BCUT2D eigenvalue weighted by Gasteiger charge is -2.21. The van der Waals surface area contributed by atoms with E-state index in [1.54, 1.807) is 4.90 Å². The summed E-state index contributed by atoms with van der Waals surface area (Å²) < 4.78 is 0. The molecule has 19 heavy (non-hydrogen) atoms. The fourth-order valence-corrected chi connectivity index (χ4v) is 2.23. The molecule has 1 amide bonds. The van der Waals surface area contributed by atoms with Gasteiger partial charge in [-0.3, -0.25) is 9.59 Å². The van der Waals surface area contributed by atoms with Gasteiger partial charge in [-0.15, -0.1) is 0 Å². The van der Waals surface area contributed by atoms with E-state index in [1.165, 1.54) is 13.0 Å². The van der Waals surface area contributed by atoms with E-state index in [9.17, 15) is 9.59 Å². The maximum atomic E-state index is 12.3. The van der Waals surface area contributed by atoms with Crippen LogP contribution in [0.5, 0.6) is 0 Å². The number of ketones is 1. The molecule has 0 radical (unpaired) electrons. The van der Waals surface area contributed by atoms with E-state index < -0.39 is 0 Å². The number of nitrogens with one attached hydrogen (secondary N) is 1. The fourth-order valence-electron chi connectivity index (χ4n) is 2.23. The van der Waals surface area contributed by atoms with Crippen LogP contribution in [0.15, 0.2) is 36.0 Å². The Morgan fingerprint density at radius 2 is 2.16 bits per heavy atom. The monoisotopic (exact) mass is 258 g/mol. The Hall–Kier alpha value is -2.10. The summed E-state index contributed by atoms with van der Waals surface area (Å²) in [7, 11) is 0. The Labute approximate surface area is 113 Å². The molecule has 0 saturated heterocycles. The maximum Gasteiger partial charge on any atom is 0.232 e. The molecule has 100 valence electrons. The van der Waals surface area contributed by atoms with Gasteiger partial charge in [0.2, 0.25) is 5.91 Å². The highest BCUT2D eigenvalue weighted by Crippen LogP contribution is 2.31. The number of carbonyl (C=O) groups is 2. The molecular formula is C15H18N2O2. The Balaban J connectivity index is 2.44. The molecule has 1 N–H and O–H groups in total. The molecule has 0 atom stereocenters. The number of carbonyl (C=O) groups excluding carboxylic acids is 2. The molecule has 0 aromatic heterocycles. The average Bonchev–Trinajstić information content (AvgIpc) is 2.47. The van der Waals surface area contributed by atoms with E-state index in [4.69, 9.17) is 0 Å². The van der Waals surface area contributed by atoms with Gasteiger partial charge < -0.3 is 10.2 Å². The van der Waals surface area contributed by atoms with E-state index in [-0.39, 0.29) is 18.1 Å². The van der Waals surface area contributed by atoms with E-state index in [2.05, 4.69) is 5.32 Å². The first-order valence-corrected chi connectivity index (χ1v) is 6.49. The van der Waals surface area contributed by atoms with Crippen LogP contribution in [-0.2, 0) is 9.59 Å². The molecule has 0 spiro atoms. The predicted octanol–water partition coefficient (Wildman–Crippen LogP) is 2.72. The van der Waals surface area contributed by atoms with Crippen molar-refractivity contribution in [1.82, 2.24) is 0 Å². The first kappa shape index (κ1) is 13.3. The Kier molecular flexibility index (Phi) is 4.00. The minimum atomic E-state index is -0.0586. The van der Waals surface area contributed by atoms with Crippen LogP contribution in [0.25, 0.3) is 0 Å². The summed E-state index contributed by atoms with van der Waals surface area (Å²) in [5.74, 6) is -0.0384. The van der Waals surface area contributed by atoms with Crippen molar-refractivity contribution in [1.29, 1.82) is 0 Å². The van der Waals surface area contributed by atoms with Crippen molar-refractivity contribution < 1.29 is 9.59 Å². The van der Waals surface area contributed by atoms with Crippen LogP contribution < -0.4 is 10.2 Å². The van der Waals surface area contributed by atoms with E-state index in [1.807, 2.05) is 31.2 Å². The van der Waals surface area contributed by atoms with Crippen molar-refractivity contribution in [3.63, 3.8) is 0 Å². The van der Waals surface area contributed by atoms with E-state index in [0.717, 1.165) is 17.8 Å². The number of allylic oxidation sites excluding steroid dienone is 1. The minimum absolute atomic E-state index is 0.0202.